The third-order valence-corrected chi connectivity index (χ3v) is 6.30. The Kier molecular flexibility index (Phi) is 14.8. The molecule has 7 heteroatoms. The van der Waals surface area contributed by atoms with Crippen molar-refractivity contribution in [3.8, 4) is 11.5 Å². The van der Waals surface area contributed by atoms with Crippen LogP contribution in [0, 0.1) is 11.8 Å². The molecule has 1 aromatic rings. The van der Waals surface area contributed by atoms with Gasteiger partial charge in [0.1, 0.15) is 5.57 Å². The molecule has 0 aliphatic heterocycles. The largest absolute Gasteiger partial charge is 0.504 e. The van der Waals surface area contributed by atoms with Gasteiger partial charge in [-0.1, -0.05) is 66.2 Å². The molecule has 1 rings (SSSR count). The highest BCUT2D eigenvalue weighted by Gasteiger charge is 2.24. The molecule has 0 aliphatic carbocycles. The molecule has 0 amide bonds. The molecule has 0 saturated carbocycles. The second-order valence-corrected chi connectivity index (χ2v) is 8.98. The molecule has 0 bridgehead atoms. The van der Waals surface area contributed by atoms with Crippen LogP contribution in [-0.2, 0) is 25.7 Å². The monoisotopic (exact) mass is 492 g/mol. The molecule has 2 unspecified atom stereocenters. The molecule has 2 N–H and O–H groups in total. The number of hydrogen-bond acceptors (Lipinski definition) is 7. The average molecular weight is 493 g/mol. The Labute approximate surface area is 210 Å². The molecule has 0 saturated heterocycles. The summed E-state index contributed by atoms with van der Waals surface area (Å²) >= 11 is 0. The summed E-state index contributed by atoms with van der Waals surface area (Å²) in [5.74, 6) is -1.11. The maximum Gasteiger partial charge on any atom is 0.345 e. The molecule has 0 aromatic heterocycles. The number of unbranched alkanes of at least 4 members (excludes halogenated alkanes) is 2. The van der Waals surface area contributed by atoms with E-state index in [0.29, 0.717) is 5.56 Å². The van der Waals surface area contributed by atoms with E-state index in [1.54, 1.807) is 0 Å². The van der Waals surface area contributed by atoms with E-state index in [9.17, 15) is 19.8 Å². The minimum atomic E-state index is -0.746. The molecular weight excluding hydrogens is 448 g/mol. The molecule has 0 heterocycles. The van der Waals surface area contributed by atoms with Crippen LogP contribution in [0.1, 0.15) is 90.2 Å². The van der Waals surface area contributed by atoms with Gasteiger partial charge in [0.05, 0.1) is 26.9 Å². The number of benzene rings is 1. The predicted molar refractivity (Wildman–Crippen MR) is 137 cm³/mol. The lowest BCUT2D eigenvalue weighted by molar-refractivity contribution is -0.148. The highest BCUT2D eigenvalue weighted by Crippen LogP contribution is 2.32. The Hall–Kier alpha value is -2.54. The van der Waals surface area contributed by atoms with Crippen LogP contribution < -0.4 is 4.74 Å². The van der Waals surface area contributed by atoms with Gasteiger partial charge in [0.15, 0.2) is 11.5 Å². The fraction of sp³-hybridized carbons (Fsp3) is 0.643. The smallest absolute Gasteiger partial charge is 0.345 e. The first kappa shape index (κ1) is 30.5. The highest BCUT2D eigenvalue weighted by atomic mass is 16.6. The van der Waals surface area contributed by atoms with Crippen LogP contribution in [0.4, 0.5) is 0 Å². The molecular formula is C28H44O7. The van der Waals surface area contributed by atoms with Crippen molar-refractivity contribution in [2.24, 2.45) is 11.8 Å². The van der Waals surface area contributed by atoms with Crippen LogP contribution in [0.5, 0.6) is 11.5 Å². The van der Waals surface area contributed by atoms with Crippen LogP contribution in [0.15, 0.2) is 17.7 Å². The molecule has 1 aromatic carbocycles. The van der Waals surface area contributed by atoms with Gasteiger partial charge in [0.2, 0.25) is 0 Å². The molecule has 35 heavy (non-hydrogen) atoms. The summed E-state index contributed by atoms with van der Waals surface area (Å²) in [4.78, 5) is 26.0. The Morgan fingerprint density at radius 3 is 1.83 bits per heavy atom. The molecule has 2 atom stereocenters. The van der Waals surface area contributed by atoms with Crippen molar-refractivity contribution in [3.63, 3.8) is 0 Å². The summed E-state index contributed by atoms with van der Waals surface area (Å²) in [6.07, 6.45) is 9.25. The van der Waals surface area contributed by atoms with Crippen LogP contribution in [0.3, 0.4) is 0 Å². The van der Waals surface area contributed by atoms with Gasteiger partial charge in [-0.2, -0.15) is 0 Å². The van der Waals surface area contributed by atoms with Crippen LogP contribution in [0.25, 0.3) is 6.08 Å². The van der Waals surface area contributed by atoms with Gasteiger partial charge in [-0.05, 0) is 48.4 Å². The number of aromatic hydroxyl groups is 1. The van der Waals surface area contributed by atoms with Crippen molar-refractivity contribution >= 4 is 18.0 Å². The van der Waals surface area contributed by atoms with Crippen molar-refractivity contribution < 1.29 is 34.0 Å². The van der Waals surface area contributed by atoms with Gasteiger partial charge in [-0.15, -0.1) is 0 Å². The molecule has 0 aliphatic rings. The summed E-state index contributed by atoms with van der Waals surface area (Å²) in [6.45, 7) is 8.38. The second-order valence-electron chi connectivity index (χ2n) is 8.98. The summed E-state index contributed by atoms with van der Waals surface area (Å²) in [7, 11) is 1.38. The van der Waals surface area contributed by atoms with Gasteiger partial charge in [-0.25, -0.2) is 9.59 Å². The Balaban J connectivity index is 3.19. The Morgan fingerprint density at radius 1 is 0.914 bits per heavy atom. The van der Waals surface area contributed by atoms with Crippen molar-refractivity contribution in [1.82, 2.24) is 0 Å². The number of esters is 2. The van der Waals surface area contributed by atoms with Crippen molar-refractivity contribution in [1.29, 1.82) is 0 Å². The maximum atomic E-state index is 13.0. The number of phenols is 1. The summed E-state index contributed by atoms with van der Waals surface area (Å²) in [6, 6.07) is 2.98. The zero-order valence-corrected chi connectivity index (χ0v) is 22.1. The Bertz CT molecular complexity index is 757. The van der Waals surface area contributed by atoms with Crippen LogP contribution in [0.2, 0.25) is 0 Å². The predicted octanol–water partition coefficient (Wildman–Crippen LogP) is 5.80. The van der Waals surface area contributed by atoms with Crippen LogP contribution in [-0.4, -0.2) is 42.5 Å². The number of methoxy groups -OCH3 is 1. The molecule has 198 valence electrons. The number of hydrogen-bond donors (Lipinski definition) is 2. The zero-order chi connectivity index (χ0) is 26.2. The number of rotatable bonds is 17. The van der Waals surface area contributed by atoms with E-state index < -0.39 is 18.5 Å². The lowest BCUT2D eigenvalue weighted by Crippen LogP contribution is -2.23. The van der Waals surface area contributed by atoms with Gasteiger partial charge >= 0.3 is 11.9 Å². The van der Waals surface area contributed by atoms with Gasteiger partial charge in [0.25, 0.3) is 0 Å². The lowest BCUT2D eigenvalue weighted by Gasteiger charge is -2.17. The standard InChI is InChI=1S/C28H44O7/c1-6-10-12-20(8-3)18-34-27(31)24(28(32)35-19-21(9-4)13-11-7-2)15-22-14-23(17-29)26(30)25(16-22)33-5/h14-16,20-21,29-30H,6-13,17-19H2,1-5H3. The number of ether oxygens (including phenoxy) is 3. The van der Waals surface area contributed by atoms with E-state index in [2.05, 4.69) is 27.7 Å². The first-order valence-electron chi connectivity index (χ1n) is 12.9. The fourth-order valence-electron chi connectivity index (χ4n) is 3.76. The van der Waals surface area contributed by atoms with Gasteiger partial charge in [0, 0.05) is 5.56 Å². The molecule has 7 nitrogen and oxygen atoms in total. The van der Waals surface area contributed by atoms with Crippen molar-refractivity contribution in [3.05, 3.63) is 28.8 Å². The van der Waals surface area contributed by atoms with E-state index in [4.69, 9.17) is 14.2 Å². The van der Waals surface area contributed by atoms with E-state index in [0.717, 1.165) is 51.4 Å². The van der Waals surface area contributed by atoms with Gasteiger partial charge < -0.3 is 24.4 Å². The number of carbonyl (C=O) groups is 2. The SMILES string of the molecule is CCCCC(CC)COC(=O)C(=Cc1cc(CO)c(O)c(OC)c1)C(=O)OCC(CC)CCCC. The number of carbonyl (C=O) groups excluding carboxylic acids is 2. The van der Waals surface area contributed by atoms with Gasteiger partial charge in [-0.3, -0.25) is 0 Å². The first-order chi connectivity index (χ1) is 16.8. The fourth-order valence-corrected chi connectivity index (χ4v) is 3.76. The van der Waals surface area contributed by atoms with E-state index in [1.807, 2.05) is 0 Å². The normalized spacial score (nSPS) is 12.5. The molecule has 0 spiro atoms. The Morgan fingerprint density at radius 2 is 1.43 bits per heavy atom. The third kappa shape index (κ3) is 10.3. The minimum absolute atomic E-state index is 0.125. The highest BCUT2D eigenvalue weighted by molar-refractivity contribution is 6.17. The quantitative estimate of drug-likeness (QED) is 0.123. The van der Waals surface area contributed by atoms with Crippen molar-refractivity contribution in [2.75, 3.05) is 20.3 Å². The minimum Gasteiger partial charge on any atom is -0.504 e. The maximum absolute atomic E-state index is 13.0. The summed E-state index contributed by atoms with van der Waals surface area (Å²) in [5.41, 5.74) is 0.397. The first-order valence-corrected chi connectivity index (χ1v) is 12.9. The summed E-state index contributed by atoms with van der Waals surface area (Å²) < 4.78 is 16.3. The summed E-state index contributed by atoms with van der Waals surface area (Å²) in [5, 5.41) is 19.7. The third-order valence-electron chi connectivity index (χ3n) is 6.30. The van der Waals surface area contributed by atoms with E-state index in [1.165, 1.54) is 25.3 Å². The number of aliphatic hydroxyl groups excluding tert-OH is 1. The topological polar surface area (TPSA) is 102 Å². The van der Waals surface area contributed by atoms with Crippen molar-refractivity contribution in [2.45, 2.75) is 85.7 Å². The zero-order valence-electron chi connectivity index (χ0n) is 22.1. The number of aliphatic hydroxyl groups is 1. The average Bonchev–Trinajstić information content (AvgIpc) is 2.87. The molecule has 0 radical (unpaired) electrons. The second kappa shape index (κ2) is 17.0. The molecule has 0 fully saturated rings. The lowest BCUT2D eigenvalue weighted by atomic mass is 10.0. The van der Waals surface area contributed by atoms with Crippen LogP contribution >= 0.6 is 0 Å². The van der Waals surface area contributed by atoms with E-state index >= 15 is 0 Å². The van der Waals surface area contributed by atoms with E-state index in [-0.39, 0.29) is 47.7 Å².